The molecule has 0 aliphatic heterocycles. The van der Waals surface area contributed by atoms with Gasteiger partial charge in [-0.15, -0.1) is 18.2 Å². The molecule has 0 radical (unpaired) electrons. The molecule has 0 amide bonds. The lowest BCUT2D eigenvalue weighted by Crippen LogP contribution is -2.29. The quantitative estimate of drug-likeness (QED) is 0.626. The molecule has 80 valence electrons. The zero-order chi connectivity index (χ0) is 11.1. The Morgan fingerprint density at radius 2 is 2.27 bits per heavy atom. The normalized spacial score (nSPS) is 12.1. The minimum atomic E-state index is 0.108. The minimum absolute atomic E-state index is 0.108. The lowest BCUT2D eigenvalue weighted by molar-refractivity contribution is 0.684. The van der Waals surface area contributed by atoms with Crippen molar-refractivity contribution in [1.82, 2.24) is 5.32 Å². The standard InChI is InChI=1S/C12H14ClNS/c1-3-10(14-4-2)9-15-12-8-6-5-7-11(12)13/h1,5-8,10,14H,4,9H2,2H3. The lowest BCUT2D eigenvalue weighted by Gasteiger charge is -2.11. The largest absolute Gasteiger partial charge is 0.303 e. The van der Waals surface area contributed by atoms with Crippen LogP contribution in [0.2, 0.25) is 5.02 Å². The van der Waals surface area contributed by atoms with Crippen molar-refractivity contribution in [2.75, 3.05) is 12.3 Å². The van der Waals surface area contributed by atoms with Crippen molar-refractivity contribution < 1.29 is 0 Å². The van der Waals surface area contributed by atoms with Crippen LogP contribution in [0.5, 0.6) is 0 Å². The highest BCUT2D eigenvalue weighted by molar-refractivity contribution is 7.99. The van der Waals surface area contributed by atoms with Gasteiger partial charge in [0.25, 0.3) is 0 Å². The second-order valence-corrected chi connectivity index (χ2v) is 4.49. The van der Waals surface area contributed by atoms with E-state index in [2.05, 4.69) is 11.2 Å². The van der Waals surface area contributed by atoms with Crippen LogP contribution in [0.15, 0.2) is 29.2 Å². The highest BCUT2D eigenvalue weighted by Gasteiger charge is 2.05. The van der Waals surface area contributed by atoms with E-state index in [4.69, 9.17) is 18.0 Å². The Kier molecular flexibility index (Phi) is 5.63. The summed E-state index contributed by atoms with van der Waals surface area (Å²) in [5.41, 5.74) is 0. The van der Waals surface area contributed by atoms with E-state index in [1.807, 2.05) is 31.2 Å². The summed E-state index contributed by atoms with van der Waals surface area (Å²) >= 11 is 7.72. The molecule has 0 aromatic heterocycles. The molecule has 3 heteroatoms. The molecule has 0 heterocycles. The number of hydrogen-bond acceptors (Lipinski definition) is 2. The fourth-order valence-corrected chi connectivity index (χ4v) is 2.39. The van der Waals surface area contributed by atoms with Gasteiger partial charge in [0.05, 0.1) is 11.1 Å². The Balaban J connectivity index is 2.50. The summed E-state index contributed by atoms with van der Waals surface area (Å²) in [5.74, 6) is 3.56. The van der Waals surface area contributed by atoms with Gasteiger partial charge < -0.3 is 5.32 Å². The fraction of sp³-hybridized carbons (Fsp3) is 0.333. The van der Waals surface area contributed by atoms with Crippen LogP contribution in [0.25, 0.3) is 0 Å². The molecule has 1 atom stereocenters. The van der Waals surface area contributed by atoms with Crippen LogP contribution in [0, 0.1) is 12.3 Å². The zero-order valence-electron chi connectivity index (χ0n) is 8.66. The Morgan fingerprint density at radius 1 is 1.53 bits per heavy atom. The van der Waals surface area contributed by atoms with E-state index in [-0.39, 0.29) is 6.04 Å². The molecule has 0 saturated heterocycles. The molecule has 0 aliphatic carbocycles. The van der Waals surface area contributed by atoms with Gasteiger partial charge in [-0.05, 0) is 18.7 Å². The van der Waals surface area contributed by atoms with Crippen LogP contribution >= 0.6 is 23.4 Å². The van der Waals surface area contributed by atoms with Gasteiger partial charge in [-0.25, -0.2) is 0 Å². The van der Waals surface area contributed by atoms with Crippen LogP contribution in [0.4, 0.5) is 0 Å². The van der Waals surface area contributed by atoms with Gasteiger partial charge in [-0.3, -0.25) is 0 Å². The first kappa shape index (κ1) is 12.4. The summed E-state index contributed by atoms with van der Waals surface area (Å²) < 4.78 is 0. The molecular weight excluding hydrogens is 226 g/mol. The summed E-state index contributed by atoms with van der Waals surface area (Å²) in [5, 5.41) is 4.01. The van der Waals surface area contributed by atoms with E-state index in [1.165, 1.54) is 0 Å². The fourth-order valence-electron chi connectivity index (χ4n) is 1.15. The molecule has 15 heavy (non-hydrogen) atoms. The number of terminal acetylenes is 1. The molecule has 1 unspecified atom stereocenters. The molecule has 0 spiro atoms. The molecule has 1 aromatic carbocycles. The highest BCUT2D eigenvalue weighted by Crippen LogP contribution is 2.26. The van der Waals surface area contributed by atoms with Crippen molar-refractivity contribution in [3.63, 3.8) is 0 Å². The summed E-state index contributed by atoms with van der Waals surface area (Å²) in [6.07, 6.45) is 5.40. The molecule has 1 nitrogen and oxygen atoms in total. The monoisotopic (exact) mass is 239 g/mol. The number of halogens is 1. The number of nitrogens with one attached hydrogen (secondary N) is 1. The Hall–Kier alpha value is -0.620. The highest BCUT2D eigenvalue weighted by atomic mass is 35.5. The van der Waals surface area contributed by atoms with Crippen molar-refractivity contribution in [2.24, 2.45) is 0 Å². The molecule has 1 aromatic rings. The molecular formula is C12H14ClNS. The van der Waals surface area contributed by atoms with Gasteiger partial charge in [0.2, 0.25) is 0 Å². The third-order valence-electron chi connectivity index (χ3n) is 1.89. The molecule has 0 bridgehead atoms. The van der Waals surface area contributed by atoms with Crippen molar-refractivity contribution >= 4 is 23.4 Å². The molecule has 0 fully saturated rings. The number of thioether (sulfide) groups is 1. The SMILES string of the molecule is C#CC(CSc1ccccc1Cl)NCC. The van der Waals surface area contributed by atoms with Crippen LogP contribution in [-0.2, 0) is 0 Å². The summed E-state index contributed by atoms with van der Waals surface area (Å²) in [4.78, 5) is 1.08. The van der Waals surface area contributed by atoms with E-state index < -0.39 is 0 Å². The van der Waals surface area contributed by atoms with Crippen LogP contribution in [0.3, 0.4) is 0 Å². The van der Waals surface area contributed by atoms with E-state index in [9.17, 15) is 0 Å². The van der Waals surface area contributed by atoms with Gasteiger partial charge in [-0.2, -0.15) is 0 Å². The predicted molar refractivity (Wildman–Crippen MR) is 68.5 cm³/mol. The number of hydrogen-bond donors (Lipinski definition) is 1. The summed E-state index contributed by atoms with van der Waals surface area (Å²) in [6, 6.07) is 7.91. The maximum atomic E-state index is 6.04. The maximum Gasteiger partial charge on any atom is 0.0782 e. The smallest absolute Gasteiger partial charge is 0.0782 e. The summed E-state index contributed by atoms with van der Waals surface area (Å²) in [6.45, 7) is 2.93. The van der Waals surface area contributed by atoms with E-state index in [0.29, 0.717) is 0 Å². The van der Waals surface area contributed by atoms with Gasteiger partial charge in [0.1, 0.15) is 0 Å². The second-order valence-electron chi connectivity index (χ2n) is 3.02. The van der Waals surface area contributed by atoms with Crippen LogP contribution in [-0.4, -0.2) is 18.3 Å². The van der Waals surface area contributed by atoms with E-state index in [0.717, 1.165) is 22.2 Å². The topological polar surface area (TPSA) is 12.0 Å². The Labute approximate surface area is 101 Å². The Bertz CT molecular complexity index is 346. The van der Waals surface area contributed by atoms with E-state index >= 15 is 0 Å². The minimum Gasteiger partial charge on any atom is -0.303 e. The van der Waals surface area contributed by atoms with E-state index in [1.54, 1.807) is 11.8 Å². The Morgan fingerprint density at radius 3 is 2.87 bits per heavy atom. The summed E-state index contributed by atoms with van der Waals surface area (Å²) in [7, 11) is 0. The maximum absolute atomic E-state index is 6.04. The van der Waals surface area contributed by atoms with Crippen molar-refractivity contribution in [1.29, 1.82) is 0 Å². The first-order valence-corrected chi connectivity index (χ1v) is 6.21. The molecule has 1 rings (SSSR count). The first-order chi connectivity index (χ1) is 7.27. The average molecular weight is 240 g/mol. The number of benzene rings is 1. The molecule has 0 aliphatic rings. The van der Waals surface area contributed by atoms with Gasteiger partial charge in [0, 0.05) is 10.6 Å². The van der Waals surface area contributed by atoms with Crippen LogP contribution < -0.4 is 5.32 Å². The van der Waals surface area contributed by atoms with Crippen LogP contribution in [0.1, 0.15) is 6.92 Å². The van der Waals surface area contributed by atoms with Gasteiger partial charge >= 0.3 is 0 Å². The average Bonchev–Trinajstić information content (AvgIpc) is 2.26. The zero-order valence-corrected chi connectivity index (χ0v) is 10.2. The molecule has 0 saturated carbocycles. The van der Waals surface area contributed by atoms with Crippen molar-refractivity contribution in [3.05, 3.63) is 29.3 Å². The number of rotatable bonds is 5. The lowest BCUT2D eigenvalue weighted by atomic mass is 10.3. The predicted octanol–water partition coefficient (Wildman–Crippen LogP) is 3.04. The van der Waals surface area contributed by atoms with Crippen molar-refractivity contribution in [3.8, 4) is 12.3 Å². The first-order valence-electron chi connectivity index (χ1n) is 4.84. The third-order valence-corrected chi connectivity index (χ3v) is 3.50. The van der Waals surface area contributed by atoms with Gasteiger partial charge in [-0.1, -0.05) is 36.6 Å². The van der Waals surface area contributed by atoms with Crippen molar-refractivity contribution in [2.45, 2.75) is 17.9 Å². The van der Waals surface area contributed by atoms with Gasteiger partial charge in [0.15, 0.2) is 0 Å². The third kappa shape index (κ3) is 4.17. The second kappa shape index (κ2) is 6.79. The molecule has 1 N–H and O–H groups in total.